The van der Waals surface area contributed by atoms with Gasteiger partial charge in [0, 0.05) is 6.92 Å². The number of carbonyl (C=O) groups is 2. The molecule has 0 aliphatic rings. The van der Waals surface area contributed by atoms with E-state index in [4.69, 9.17) is 14.7 Å². The summed E-state index contributed by atoms with van der Waals surface area (Å²) in [4.78, 5) is 22.7. The lowest BCUT2D eigenvalue weighted by Crippen LogP contribution is -2.07. The number of hydrogen-bond donors (Lipinski definition) is 2. The van der Waals surface area contributed by atoms with Crippen LogP contribution in [0.3, 0.4) is 0 Å². The Bertz CT molecular complexity index is 659. The van der Waals surface area contributed by atoms with Crippen molar-refractivity contribution in [3.8, 4) is 17.6 Å². The minimum absolute atomic E-state index is 0.0960. The van der Waals surface area contributed by atoms with E-state index in [9.17, 15) is 14.7 Å². The number of benzene rings is 1. The second kappa shape index (κ2) is 7.69. The number of nitriles is 1. The Balaban J connectivity index is 3.32. The van der Waals surface area contributed by atoms with Gasteiger partial charge in [-0.3, -0.25) is 4.79 Å². The van der Waals surface area contributed by atoms with Crippen molar-refractivity contribution in [1.29, 1.82) is 5.26 Å². The fraction of sp³-hybridized carbons (Fsp3) is 0.267. The predicted molar refractivity (Wildman–Crippen MR) is 79.2 cm³/mol. The molecule has 0 bridgehead atoms. The van der Waals surface area contributed by atoms with Gasteiger partial charge in [-0.1, -0.05) is 0 Å². The Kier molecular flexibility index (Phi) is 5.96. The molecule has 0 saturated heterocycles. The molecule has 0 spiro atoms. The molecule has 1 amide bonds. The third-order valence-electron chi connectivity index (χ3n) is 2.55. The first-order valence-electron chi connectivity index (χ1n) is 6.40. The van der Waals surface area contributed by atoms with Gasteiger partial charge in [0.05, 0.1) is 19.4 Å². The highest BCUT2D eigenvalue weighted by Crippen LogP contribution is 2.36. The van der Waals surface area contributed by atoms with Crippen LogP contribution in [0, 0.1) is 11.3 Å². The Morgan fingerprint density at radius 2 is 2.14 bits per heavy atom. The van der Waals surface area contributed by atoms with Crippen molar-refractivity contribution in [2.24, 2.45) is 0 Å². The molecule has 0 fully saturated rings. The lowest BCUT2D eigenvalue weighted by atomic mass is 10.1. The maximum Gasteiger partial charge on any atom is 0.348 e. The highest BCUT2D eigenvalue weighted by atomic mass is 16.5. The van der Waals surface area contributed by atoms with E-state index in [1.807, 2.05) is 0 Å². The van der Waals surface area contributed by atoms with Gasteiger partial charge in [0.2, 0.25) is 5.91 Å². The first-order valence-corrected chi connectivity index (χ1v) is 6.40. The fourth-order valence-electron chi connectivity index (χ4n) is 1.67. The second-order valence-electron chi connectivity index (χ2n) is 4.19. The Labute approximate surface area is 127 Å². The molecule has 7 nitrogen and oxygen atoms in total. The van der Waals surface area contributed by atoms with Crippen molar-refractivity contribution < 1.29 is 24.2 Å². The van der Waals surface area contributed by atoms with E-state index in [2.05, 4.69) is 5.32 Å². The number of phenols is 1. The molecule has 0 aliphatic carbocycles. The summed E-state index contributed by atoms with van der Waals surface area (Å²) in [6.45, 7) is 3.06. The number of phenolic OH excluding ortho intramolecular Hbond substituents is 1. The van der Waals surface area contributed by atoms with E-state index < -0.39 is 5.97 Å². The van der Waals surface area contributed by atoms with Crippen LogP contribution >= 0.6 is 0 Å². The van der Waals surface area contributed by atoms with Gasteiger partial charge in [-0.25, -0.2) is 4.79 Å². The molecule has 0 aromatic heterocycles. The van der Waals surface area contributed by atoms with Gasteiger partial charge in [0.15, 0.2) is 11.5 Å². The van der Waals surface area contributed by atoms with Gasteiger partial charge in [0.25, 0.3) is 0 Å². The van der Waals surface area contributed by atoms with Crippen molar-refractivity contribution >= 4 is 23.6 Å². The number of nitrogens with zero attached hydrogens (tertiary/aromatic N) is 1. The van der Waals surface area contributed by atoms with Crippen molar-refractivity contribution in [3.63, 3.8) is 0 Å². The highest BCUT2D eigenvalue weighted by Gasteiger charge is 2.14. The topological polar surface area (TPSA) is 109 Å². The van der Waals surface area contributed by atoms with E-state index in [1.165, 1.54) is 32.2 Å². The molecule has 7 heteroatoms. The Morgan fingerprint density at radius 1 is 1.45 bits per heavy atom. The number of carbonyl (C=O) groups excluding carboxylic acids is 2. The standard InChI is InChI=1S/C15H16N2O5/c1-4-22-15(20)11(8-16)5-10-6-12(17-9(2)18)14(19)13(7-10)21-3/h5-7,19H,4H2,1-3H3,(H,17,18)/b11-5+. The summed E-state index contributed by atoms with van der Waals surface area (Å²) >= 11 is 0. The van der Waals surface area contributed by atoms with Crippen molar-refractivity contribution in [2.45, 2.75) is 13.8 Å². The van der Waals surface area contributed by atoms with Gasteiger partial charge >= 0.3 is 5.97 Å². The molecule has 2 N–H and O–H groups in total. The SMILES string of the molecule is CCOC(=O)/C(C#N)=C/c1cc(NC(C)=O)c(O)c(OC)c1. The average molecular weight is 304 g/mol. The first kappa shape index (κ1) is 17.0. The predicted octanol–water partition coefficient (Wildman–Crippen LogP) is 1.83. The zero-order valence-electron chi connectivity index (χ0n) is 12.5. The number of rotatable bonds is 5. The number of hydrogen-bond acceptors (Lipinski definition) is 6. The summed E-state index contributed by atoms with van der Waals surface area (Å²) < 4.78 is 9.76. The lowest BCUT2D eigenvalue weighted by Gasteiger charge is -2.11. The summed E-state index contributed by atoms with van der Waals surface area (Å²) in [5.41, 5.74) is 0.297. The molecule has 0 aliphatic heterocycles. The van der Waals surface area contributed by atoms with E-state index >= 15 is 0 Å². The minimum Gasteiger partial charge on any atom is -0.503 e. The summed E-state index contributed by atoms with van der Waals surface area (Å²) in [6.07, 6.45) is 1.28. The minimum atomic E-state index is -0.752. The van der Waals surface area contributed by atoms with Gasteiger partial charge < -0.3 is 19.9 Å². The van der Waals surface area contributed by atoms with E-state index in [-0.39, 0.29) is 35.3 Å². The van der Waals surface area contributed by atoms with Crippen molar-refractivity contribution in [3.05, 3.63) is 23.3 Å². The molecular weight excluding hydrogens is 288 g/mol. The zero-order valence-corrected chi connectivity index (χ0v) is 12.5. The second-order valence-corrected chi connectivity index (χ2v) is 4.19. The summed E-state index contributed by atoms with van der Waals surface area (Å²) in [5, 5.41) is 21.4. The van der Waals surface area contributed by atoms with Crippen LogP contribution in [0.25, 0.3) is 6.08 Å². The fourth-order valence-corrected chi connectivity index (χ4v) is 1.67. The van der Waals surface area contributed by atoms with Gasteiger partial charge in [-0.05, 0) is 30.7 Å². The zero-order chi connectivity index (χ0) is 16.7. The largest absolute Gasteiger partial charge is 0.503 e. The van der Waals surface area contributed by atoms with Crippen LogP contribution in [0.4, 0.5) is 5.69 Å². The summed E-state index contributed by atoms with van der Waals surface area (Å²) in [7, 11) is 1.34. The average Bonchev–Trinajstić information content (AvgIpc) is 2.47. The van der Waals surface area contributed by atoms with Crippen molar-refractivity contribution in [2.75, 3.05) is 19.0 Å². The van der Waals surface area contributed by atoms with Crippen LogP contribution in [0.1, 0.15) is 19.4 Å². The third-order valence-corrected chi connectivity index (χ3v) is 2.55. The molecular formula is C15H16N2O5. The monoisotopic (exact) mass is 304 g/mol. The van der Waals surface area contributed by atoms with Gasteiger partial charge in [-0.2, -0.15) is 5.26 Å². The number of nitrogens with one attached hydrogen (secondary N) is 1. The summed E-state index contributed by atoms with van der Waals surface area (Å²) in [6, 6.07) is 4.58. The van der Waals surface area contributed by atoms with E-state index in [0.29, 0.717) is 5.56 Å². The third kappa shape index (κ3) is 4.24. The number of esters is 1. The number of amides is 1. The molecule has 22 heavy (non-hydrogen) atoms. The number of methoxy groups -OCH3 is 1. The molecule has 1 rings (SSSR count). The Morgan fingerprint density at radius 3 is 2.64 bits per heavy atom. The van der Waals surface area contributed by atoms with Crippen LogP contribution < -0.4 is 10.1 Å². The van der Waals surface area contributed by atoms with Crippen LogP contribution in [0.5, 0.6) is 11.5 Å². The molecule has 116 valence electrons. The number of anilines is 1. The lowest BCUT2D eigenvalue weighted by molar-refractivity contribution is -0.137. The molecule has 0 atom stereocenters. The van der Waals surface area contributed by atoms with Gasteiger partial charge in [0.1, 0.15) is 11.6 Å². The molecule has 1 aromatic carbocycles. The molecule has 0 radical (unpaired) electrons. The van der Waals surface area contributed by atoms with Crippen LogP contribution in [-0.4, -0.2) is 30.7 Å². The maximum absolute atomic E-state index is 11.6. The van der Waals surface area contributed by atoms with Crippen LogP contribution in [0.15, 0.2) is 17.7 Å². The molecule has 0 unspecified atom stereocenters. The molecule has 0 saturated carbocycles. The number of ether oxygens (including phenoxy) is 2. The normalized spacial score (nSPS) is 10.5. The molecule has 1 aromatic rings. The van der Waals surface area contributed by atoms with Crippen LogP contribution in [0.2, 0.25) is 0 Å². The quantitative estimate of drug-likeness (QED) is 0.372. The van der Waals surface area contributed by atoms with E-state index in [1.54, 1.807) is 13.0 Å². The smallest absolute Gasteiger partial charge is 0.348 e. The summed E-state index contributed by atoms with van der Waals surface area (Å²) in [5.74, 6) is -1.29. The van der Waals surface area contributed by atoms with Crippen LogP contribution in [-0.2, 0) is 14.3 Å². The Hall–Kier alpha value is -3.01. The highest BCUT2D eigenvalue weighted by molar-refractivity contribution is 5.98. The first-order chi connectivity index (χ1) is 10.4. The maximum atomic E-state index is 11.6. The van der Waals surface area contributed by atoms with E-state index in [0.717, 1.165) is 0 Å². The van der Waals surface area contributed by atoms with Crippen molar-refractivity contribution in [1.82, 2.24) is 0 Å². The number of aromatic hydroxyl groups is 1. The molecule has 0 heterocycles. The van der Waals surface area contributed by atoms with Gasteiger partial charge in [-0.15, -0.1) is 0 Å².